The van der Waals surface area contributed by atoms with E-state index >= 15 is 0 Å². The number of amides is 1. The number of ether oxygens (including phenoxy) is 1. The second-order valence-electron chi connectivity index (χ2n) is 4.74. The van der Waals surface area contributed by atoms with E-state index in [0.717, 1.165) is 31.8 Å². The third-order valence-corrected chi connectivity index (χ3v) is 3.79. The lowest BCUT2D eigenvalue weighted by molar-refractivity contribution is -0.123. The number of rotatable bonds is 1. The number of hydrogen-bond acceptors (Lipinski definition) is 4. The molecule has 1 fully saturated rings. The molecule has 1 unspecified atom stereocenters. The van der Waals surface area contributed by atoms with Gasteiger partial charge in [0.1, 0.15) is 0 Å². The molecule has 0 bridgehead atoms. The molecule has 0 aliphatic carbocycles. The van der Waals surface area contributed by atoms with Crippen molar-refractivity contribution in [1.29, 1.82) is 0 Å². The van der Waals surface area contributed by atoms with Crippen LogP contribution in [0.2, 0.25) is 5.02 Å². The molecule has 1 atom stereocenters. The number of halogens is 1. The van der Waals surface area contributed by atoms with Gasteiger partial charge in [-0.25, -0.2) is 0 Å². The van der Waals surface area contributed by atoms with Crippen LogP contribution in [0, 0.1) is 0 Å². The fourth-order valence-corrected chi connectivity index (χ4v) is 2.77. The third-order valence-electron chi connectivity index (χ3n) is 3.48. The maximum absolute atomic E-state index is 11.4. The van der Waals surface area contributed by atoms with Gasteiger partial charge in [0.2, 0.25) is 0 Å². The zero-order valence-corrected chi connectivity index (χ0v) is 11.1. The zero-order chi connectivity index (χ0) is 13.4. The fourth-order valence-electron chi connectivity index (χ4n) is 2.48. The Morgan fingerprint density at radius 2 is 2.21 bits per heavy atom. The highest BCUT2D eigenvalue weighted by molar-refractivity contribution is 6.33. The Kier molecular flexibility index (Phi) is 3.35. The second kappa shape index (κ2) is 5.00. The Bertz CT molecular complexity index is 513. The molecule has 1 saturated heterocycles. The normalized spacial score (nSPS) is 22.9. The molecule has 1 amide bonds. The molecule has 0 radical (unpaired) electrons. The number of fused-ring (bicyclic) bond motifs is 1. The van der Waals surface area contributed by atoms with E-state index in [1.807, 2.05) is 6.07 Å². The number of hydrogen-bond donors (Lipinski definition) is 2. The van der Waals surface area contributed by atoms with E-state index in [1.165, 1.54) is 0 Å². The minimum atomic E-state index is -1.12. The molecule has 0 spiro atoms. The predicted molar refractivity (Wildman–Crippen MR) is 72.7 cm³/mol. The molecular formula is C13H15ClN2O3. The summed E-state index contributed by atoms with van der Waals surface area (Å²) in [5, 5.41) is 12.9. The molecule has 2 N–H and O–H groups in total. The SMILES string of the molecule is O=C1Nc2cc(N3CCCOCC3)c(Cl)cc2C1O. The first-order valence-electron chi connectivity index (χ1n) is 6.32. The quantitative estimate of drug-likeness (QED) is 0.820. The number of benzene rings is 1. The highest BCUT2D eigenvalue weighted by Crippen LogP contribution is 2.39. The molecule has 2 aliphatic heterocycles. The second-order valence-corrected chi connectivity index (χ2v) is 5.14. The lowest BCUT2D eigenvalue weighted by Gasteiger charge is -2.24. The van der Waals surface area contributed by atoms with Crippen molar-refractivity contribution in [3.05, 3.63) is 22.7 Å². The lowest BCUT2D eigenvalue weighted by Crippen LogP contribution is -2.26. The maximum atomic E-state index is 11.4. The van der Waals surface area contributed by atoms with Crippen LogP contribution in [0.4, 0.5) is 11.4 Å². The maximum Gasteiger partial charge on any atom is 0.257 e. The van der Waals surface area contributed by atoms with Gasteiger partial charge < -0.3 is 20.1 Å². The van der Waals surface area contributed by atoms with Crippen molar-refractivity contribution in [3.63, 3.8) is 0 Å². The van der Waals surface area contributed by atoms with E-state index in [-0.39, 0.29) is 0 Å². The van der Waals surface area contributed by atoms with Gasteiger partial charge in [-0.1, -0.05) is 11.6 Å². The van der Waals surface area contributed by atoms with Crippen molar-refractivity contribution >= 4 is 28.9 Å². The largest absolute Gasteiger partial charge is 0.380 e. The van der Waals surface area contributed by atoms with E-state index < -0.39 is 12.0 Å². The summed E-state index contributed by atoms with van der Waals surface area (Å²) in [5.74, 6) is -0.401. The predicted octanol–water partition coefficient (Wildman–Crippen LogP) is 1.55. The number of aliphatic hydroxyl groups excluding tert-OH is 1. The summed E-state index contributed by atoms with van der Waals surface area (Å²) in [4.78, 5) is 13.6. The molecule has 3 rings (SSSR count). The van der Waals surface area contributed by atoms with Gasteiger partial charge in [-0.05, 0) is 18.6 Å². The number of nitrogens with one attached hydrogen (secondary N) is 1. The van der Waals surface area contributed by atoms with Gasteiger partial charge >= 0.3 is 0 Å². The van der Waals surface area contributed by atoms with Gasteiger partial charge in [0, 0.05) is 30.9 Å². The van der Waals surface area contributed by atoms with Crippen LogP contribution in [-0.2, 0) is 9.53 Å². The summed E-state index contributed by atoms with van der Waals surface area (Å²) in [6, 6.07) is 3.50. The van der Waals surface area contributed by atoms with Gasteiger partial charge in [0.05, 0.1) is 17.3 Å². The van der Waals surface area contributed by atoms with Crippen LogP contribution in [0.15, 0.2) is 12.1 Å². The Morgan fingerprint density at radius 3 is 3.05 bits per heavy atom. The average molecular weight is 283 g/mol. The molecule has 5 nitrogen and oxygen atoms in total. The first kappa shape index (κ1) is 12.7. The van der Waals surface area contributed by atoms with Crippen LogP contribution < -0.4 is 10.2 Å². The van der Waals surface area contributed by atoms with Crippen molar-refractivity contribution in [2.45, 2.75) is 12.5 Å². The Labute approximate surface area is 116 Å². The van der Waals surface area contributed by atoms with Gasteiger partial charge in [-0.3, -0.25) is 4.79 Å². The number of carbonyl (C=O) groups excluding carboxylic acids is 1. The molecular weight excluding hydrogens is 268 g/mol. The van der Waals surface area contributed by atoms with Crippen LogP contribution in [0.5, 0.6) is 0 Å². The summed E-state index contributed by atoms with van der Waals surface area (Å²) in [5.41, 5.74) is 2.06. The molecule has 1 aromatic rings. The molecule has 6 heteroatoms. The van der Waals surface area contributed by atoms with Crippen molar-refractivity contribution in [2.75, 3.05) is 36.5 Å². The average Bonchev–Trinajstić information content (AvgIpc) is 2.63. The fraction of sp³-hybridized carbons (Fsp3) is 0.462. The van der Waals surface area contributed by atoms with E-state index in [4.69, 9.17) is 16.3 Å². The van der Waals surface area contributed by atoms with Crippen LogP contribution in [0.3, 0.4) is 0 Å². The smallest absolute Gasteiger partial charge is 0.257 e. The van der Waals surface area contributed by atoms with Crippen LogP contribution in [-0.4, -0.2) is 37.3 Å². The summed E-state index contributed by atoms with van der Waals surface area (Å²) in [6.07, 6.45) is -0.170. The van der Waals surface area contributed by atoms with E-state index in [9.17, 15) is 9.90 Å². The van der Waals surface area contributed by atoms with Crippen LogP contribution >= 0.6 is 11.6 Å². The minimum absolute atomic E-state index is 0.401. The molecule has 0 aromatic heterocycles. The van der Waals surface area contributed by atoms with E-state index in [0.29, 0.717) is 22.9 Å². The monoisotopic (exact) mass is 282 g/mol. The Hall–Kier alpha value is -1.30. The van der Waals surface area contributed by atoms with Crippen molar-refractivity contribution in [3.8, 4) is 0 Å². The van der Waals surface area contributed by atoms with Crippen molar-refractivity contribution < 1.29 is 14.6 Å². The minimum Gasteiger partial charge on any atom is -0.380 e. The molecule has 2 heterocycles. The zero-order valence-electron chi connectivity index (χ0n) is 10.4. The summed E-state index contributed by atoms with van der Waals surface area (Å²) >= 11 is 6.27. The standard InChI is InChI=1S/C13H15ClN2O3/c14-9-6-8-10(15-13(18)12(8)17)7-11(9)16-2-1-4-19-5-3-16/h6-7,12,17H,1-5H2,(H,15,18). The van der Waals surface area contributed by atoms with E-state index in [2.05, 4.69) is 10.2 Å². The molecule has 2 aliphatic rings. The number of anilines is 2. The Morgan fingerprint density at radius 1 is 1.37 bits per heavy atom. The third kappa shape index (κ3) is 2.29. The Balaban J connectivity index is 1.95. The van der Waals surface area contributed by atoms with E-state index in [1.54, 1.807) is 6.07 Å². The van der Waals surface area contributed by atoms with Gasteiger partial charge in [-0.15, -0.1) is 0 Å². The molecule has 0 saturated carbocycles. The first-order chi connectivity index (χ1) is 9.16. The molecule has 1 aromatic carbocycles. The van der Waals surface area contributed by atoms with Gasteiger partial charge in [0.15, 0.2) is 6.10 Å². The van der Waals surface area contributed by atoms with Crippen molar-refractivity contribution in [1.82, 2.24) is 0 Å². The molecule has 102 valence electrons. The first-order valence-corrected chi connectivity index (χ1v) is 6.69. The summed E-state index contributed by atoms with van der Waals surface area (Å²) in [6.45, 7) is 3.07. The summed E-state index contributed by atoms with van der Waals surface area (Å²) in [7, 11) is 0. The number of nitrogens with zero attached hydrogens (tertiary/aromatic N) is 1. The van der Waals surface area contributed by atoms with Gasteiger partial charge in [-0.2, -0.15) is 0 Å². The molecule has 19 heavy (non-hydrogen) atoms. The highest BCUT2D eigenvalue weighted by atomic mass is 35.5. The van der Waals surface area contributed by atoms with Crippen LogP contribution in [0.1, 0.15) is 18.1 Å². The van der Waals surface area contributed by atoms with Crippen LogP contribution in [0.25, 0.3) is 0 Å². The van der Waals surface area contributed by atoms with Crippen molar-refractivity contribution in [2.24, 2.45) is 0 Å². The lowest BCUT2D eigenvalue weighted by atomic mass is 10.1. The summed E-state index contributed by atoms with van der Waals surface area (Å²) < 4.78 is 5.42. The topological polar surface area (TPSA) is 61.8 Å². The van der Waals surface area contributed by atoms with Gasteiger partial charge in [0.25, 0.3) is 5.91 Å². The number of aliphatic hydroxyl groups is 1. The number of carbonyl (C=O) groups is 1. The highest BCUT2D eigenvalue weighted by Gasteiger charge is 2.30.